The van der Waals surface area contributed by atoms with Crippen molar-refractivity contribution in [2.45, 2.75) is 13.1 Å². The van der Waals surface area contributed by atoms with E-state index in [0.29, 0.717) is 12.1 Å². The molecule has 1 rings (SSSR count). The van der Waals surface area contributed by atoms with E-state index in [2.05, 4.69) is 4.74 Å². The van der Waals surface area contributed by atoms with E-state index in [0.717, 1.165) is 0 Å². The van der Waals surface area contributed by atoms with Crippen LogP contribution in [0, 0.1) is 17.5 Å². The lowest BCUT2D eigenvalue weighted by Crippen LogP contribution is -2.14. The second-order valence-electron chi connectivity index (χ2n) is 2.88. The van der Waals surface area contributed by atoms with Crippen LogP contribution in [0.1, 0.15) is 18.7 Å². The van der Waals surface area contributed by atoms with Crippen LogP contribution in [0.2, 0.25) is 0 Å². The summed E-state index contributed by atoms with van der Waals surface area (Å²) in [5.74, 6) is -6.32. The molecule has 1 unspecified atom stereocenters. The largest absolute Gasteiger partial charge is 0.464 e. The first-order chi connectivity index (χ1) is 7.49. The van der Waals surface area contributed by atoms with Crippen LogP contribution in [-0.4, -0.2) is 12.6 Å². The summed E-state index contributed by atoms with van der Waals surface area (Å²) in [6, 6.07) is 1.20. The first-order valence-corrected chi connectivity index (χ1v) is 4.43. The van der Waals surface area contributed by atoms with Crippen LogP contribution in [-0.2, 0) is 9.53 Å². The van der Waals surface area contributed by atoms with Crippen molar-refractivity contribution in [3.8, 4) is 0 Å². The maximum absolute atomic E-state index is 13.3. The number of esters is 1. The molecule has 16 heavy (non-hydrogen) atoms. The van der Waals surface area contributed by atoms with Gasteiger partial charge in [0, 0.05) is 5.56 Å². The van der Waals surface area contributed by atoms with Gasteiger partial charge in [-0.1, -0.05) is 0 Å². The van der Waals surface area contributed by atoms with E-state index in [-0.39, 0.29) is 6.61 Å². The molecule has 0 spiro atoms. The first kappa shape index (κ1) is 12.5. The number of carbonyl (C=O) groups is 1. The molecule has 0 saturated carbocycles. The number of halogens is 4. The summed E-state index contributed by atoms with van der Waals surface area (Å²) in [7, 11) is 0. The Morgan fingerprint density at radius 1 is 1.31 bits per heavy atom. The van der Waals surface area contributed by atoms with Crippen LogP contribution in [0.25, 0.3) is 0 Å². The zero-order chi connectivity index (χ0) is 12.3. The van der Waals surface area contributed by atoms with Crippen molar-refractivity contribution in [2.75, 3.05) is 6.61 Å². The Labute approximate surface area is 88.8 Å². The number of carbonyl (C=O) groups excluding carboxylic acids is 1. The topological polar surface area (TPSA) is 26.3 Å². The fraction of sp³-hybridized carbons (Fsp3) is 0.300. The minimum absolute atomic E-state index is 0.0927. The number of hydrogen-bond acceptors (Lipinski definition) is 2. The second-order valence-corrected chi connectivity index (χ2v) is 2.88. The van der Waals surface area contributed by atoms with Crippen molar-refractivity contribution in [1.29, 1.82) is 0 Å². The molecule has 0 radical (unpaired) electrons. The lowest BCUT2D eigenvalue weighted by atomic mass is 10.1. The van der Waals surface area contributed by atoms with Gasteiger partial charge in [-0.25, -0.2) is 22.4 Å². The zero-order valence-corrected chi connectivity index (χ0v) is 8.27. The van der Waals surface area contributed by atoms with E-state index in [1.54, 1.807) is 0 Å². The Balaban J connectivity index is 3.05. The van der Waals surface area contributed by atoms with E-state index >= 15 is 0 Å². The first-order valence-electron chi connectivity index (χ1n) is 4.43. The highest BCUT2D eigenvalue weighted by Gasteiger charge is 2.27. The summed E-state index contributed by atoms with van der Waals surface area (Å²) in [6.45, 7) is 1.34. The smallest absolute Gasteiger partial charge is 0.345 e. The highest BCUT2D eigenvalue weighted by atomic mass is 19.2. The van der Waals surface area contributed by atoms with E-state index < -0.39 is 35.2 Å². The molecule has 88 valence electrons. The molecule has 0 amide bonds. The lowest BCUT2D eigenvalue weighted by Gasteiger charge is -2.09. The molecular formula is C10H8F4O2. The van der Waals surface area contributed by atoms with Crippen LogP contribution >= 0.6 is 0 Å². The highest BCUT2D eigenvalue weighted by molar-refractivity contribution is 5.76. The third kappa shape index (κ3) is 2.32. The Morgan fingerprint density at radius 3 is 2.50 bits per heavy atom. The minimum atomic E-state index is -2.46. The minimum Gasteiger partial charge on any atom is -0.464 e. The molecule has 0 N–H and O–H groups in total. The van der Waals surface area contributed by atoms with Crippen LogP contribution < -0.4 is 0 Å². The molecule has 0 heterocycles. The molecule has 0 saturated heterocycles. The van der Waals surface area contributed by atoms with Gasteiger partial charge in [0.15, 0.2) is 17.5 Å². The van der Waals surface area contributed by atoms with Gasteiger partial charge in [-0.15, -0.1) is 0 Å². The maximum Gasteiger partial charge on any atom is 0.345 e. The summed E-state index contributed by atoms with van der Waals surface area (Å²) >= 11 is 0. The predicted molar refractivity (Wildman–Crippen MR) is 46.8 cm³/mol. The van der Waals surface area contributed by atoms with E-state index in [1.807, 2.05) is 0 Å². The van der Waals surface area contributed by atoms with Crippen molar-refractivity contribution in [3.05, 3.63) is 35.1 Å². The Morgan fingerprint density at radius 2 is 1.94 bits per heavy atom. The molecule has 1 aromatic rings. The molecule has 0 aliphatic heterocycles. The lowest BCUT2D eigenvalue weighted by molar-refractivity contribution is -0.149. The zero-order valence-electron chi connectivity index (χ0n) is 8.27. The van der Waals surface area contributed by atoms with E-state index in [1.165, 1.54) is 6.92 Å². The normalized spacial score (nSPS) is 12.3. The molecule has 6 heteroatoms. The van der Waals surface area contributed by atoms with Gasteiger partial charge in [-0.05, 0) is 19.1 Å². The van der Waals surface area contributed by atoms with Crippen molar-refractivity contribution in [2.24, 2.45) is 0 Å². The quantitative estimate of drug-likeness (QED) is 0.458. The van der Waals surface area contributed by atoms with Crippen LogP contribution in [0.15, 0.2) is 12.1 Å². The summed E-state index contributed by atoms with van der Waals surface area (Å²) in [4.78, 5) is 10.9. The van der Waals surface area contributed by atoms with Gasteiger partial charge in [-0.3, -0.25) is 0 Å². The molecule has 1 atom stereocenters. The molecule has 0 aliphatic carbocycles. The maximum atomic E-state index is 13.3. The number of hydrogen-bond donors (Lipinski definition) is 0. The van der Waals surface area contributed by atoms with Crippen molar-refractivity contribution in [1.82, 2.24) is 0 Å². The molecule has 0 bridgehead atoms. The van der Waals surface area contributed by atoms with Gasteiger partial charge in [0.25, 0.3) is 0 Å². The van der Waals surface area contributed by atoms with E-state index in [9.17, 15) is 22.4 Å². The van der Waals surface area contributed by atoms with E-state index in [4.69, 9.17) is 0 Å². The van der Waals surface area contributed by atoms with Crippen molar-refractivity contribution < 1.29 is 27.1 Å². The fourth-order valence-electron chi connectivity index (χ4n) is 1.08. The monoisotopic (exact) mass is 236 g/mol. The molecule has 2 nitrogen and oxygen atoms in total. The average molecular weight is 236 g/mol. The summed E-state index contributed by atoms with van der Waals surface area (Å²) in [5, 5.41) is 0. The number of benzene rings is 1. The van der Waals surface area contributed by atoms with Gasteiger partial charge in [0.05, 0.1) is 6.61 Å². The Hall–Kier alpha value is -1.59. The Kier molecular flexibility index (Phi) is 3.87. The summed E-state index contributed by atoms with van der Waals surface area (Å²) in [6.07, 6.45) is -2.46. The SMILES string of the molecule is CCOC(=O)C(F)c1ccc(F)c(F)c1F. The van der Waals surface area contributed by atoms with Crippen LogP contribution in [0.4, 0.5) is 17.6 Å². The molecule has 0 fully saturated rings. The average Bonchev–Trinajstić information content (AvgIpc) is 2.26. The summed E-state index contributed by atoms with van der Waals surface area (Å²) < 4.78 is 55.9. The number of ether oxygens (including phenoxy) is 1. The van der Waals surface area contributed by atoms with Gasteiger partial charge >= 0.3 is 5.97 Å². The van der Waals surface area contributed by atoms with Crippen molar-refractivity contribution in [3.63, 3.8) is 0 Å². The number of rotatable bonds is 3. The molecule has 0 aromatic heterocycles. The summed E-state index contributed by atoms with van der Waals surface area (Å²) in [5.41, 5.74) is -0.877. The Bertz CT molecular complexity index is 406. The molecular weight excluding hydrogens is 228 g/mol. The third-order valence-corrected chi connectivity index (χ3v) is 1.83. The third-order valence-electron chi connectivity index (χ3n) is 1.83. The van der Waals surface area contributed by atoms with Gasteiger partial charge in [0.2, 0.25) is 6.17 Å². The highest BCUT2D eigenvalue weighted by Crippen LogP contribution is 2.25. The predicted octanol–water partition coefficient (Wildman–Crippen LogP) is 2.68. The van der Waals surface area contributed by atoms with Crippen LogP contribution in [0.3, 0.4) is 0 Å². The van der Waals surface area contributed by atoms with Gasteiger partial charge in [0.1, 0.15) is 0 Å². The number of alkyl halides is 1. The standard InChI is InChI=1S/C10H8F4O2/c1-2-16-10(15)8(13)5-3-4-6(11)9(14)7(5)12/h3-4,8H,2H2,1H3. The van der Waals surface area contributed by atoms with Gasteiger partial charge < -0.3 is 4.74 Å². The van der Waals surface area contributed by atoms with Gasteiger partial charge in [-0.2, -0.15) is 0 Å². The molecule has 0 aliphatic rings. The van der Waals surface area contributed by atoms with Crippen molar-refractivity contribution >= 4 is 5.97 Å². The second kappa shape index (κ2) is 4.96. The fourth-order valence-corrected chi connectivity index (χ4v) is 1.08. The molecule has 1 aromatic carbocycles. The van der Waals surface area contributed by atoms with Crippen LogP contribution in [0.5, 0.6) is 0 Å².